The fraction of sp³-hybridized carbons (Fsp3) is 0.485. The van der Waals surface area contributed by atoms with Crippen LogP contribution in [0.15, 0.2) is 65.4 Å². The van der Waals surface area contributed by atoms with Crippen molar-refractivity contribution in [3.05, 3.63) is 71.0 Å². The van der Waals surface area contributed by atoms with Crippen LogP contribution in [-0.2, 0) is 19.1 Å². The fourth-order valence-corrected chi connectivity index (χ4v) is 7.42. The maximum atomic E-state index is 14.4. The third-order valence-corrected chi connectivity index (χ3v) is 9.61. The zero-order valence-electron chi connectivity index (χ0n) is 24.3. The molecule has 8 unspecified atom stereocenters. The van der Waals surface area contributed by atoms with Crippen LogP contribution >= 0.6 is 0 Å². The molecule has 1 spiro atoms. The molecular formula is C33H40N2O6. The molecule has 2 heterocycles. The first-order valence-corrected chi connectivity index (χ1v) is 14.4. The van der Waals surface area contributed by atoms with Crippen LogP contribution < -0.4 is 5.32 Å². The minimum atomic E-state index is -1.63. The number of aromatic nitrogens is 1. The van der Waals surface area contributed by atoms with Gasteiger partial charge in [0, 0.05) is 48.0 Å². The molecule has 1 aromatic carbocycles. The van der Waals surface area contributed by atoms with E-state index in [9.17, 15) is 24.6 Å². The van der Waals surface area contributed by atoms with Crippen LogP contribution in [0, 0.1) is 23.2 Å². The van der Waals surface area contributed by atoms with Crippen molar-refractivity contribution in [2.45, 2.75) is 71.3 Å². The highest BCUT2D eigenvalue weighted by molar-refractivity contribution is 6.10. The van der Waals surface area contributed by atoms with Crippen LogP contribution in [0.1, 0.15) is 58.6 Å². The summed E-state index contributed by atoms with van der Waals surface area (Å²) in [5.41, 5.74) is 2.12. The Morgan fingerprint density at radius 2 is 1.80 bits per heavy atom. The number of amides is 1. The van der Waals surface area contributed by atoms with Gasteiger partial charge in [-0.25, -0.2) is 0 Å². The highest BCUT2D eigenvalue weighted by atomic mass is 16.5. The van der Waals surface area contributed by atoms with Gasteiger partial charge in [-0.15, -0.1) is 0 Å². The van der Waals surface area contributed by atoms with Gasteiger partial charge in [0.25, 0.3) is 0 Å². The molecule has 4 N–H and O–H groups in total. The lowest BCUT2D eigenvalue weighted by Gasteiger charge is -2.46. The molecule has 0 bridgehead atoms. The second-order valence-electron chi connectivity index (χ2n) is 12.0. The van der Waals surface area contributed by atoms with E-state index in [-0.39, 0.29) is 18.8 Å². The average molecular weight is 561 g/mol. The summed E-state index contributed by atoms with van der Waals surface area (Å²) in [7, 11) is 1.59. The maximum absolute atomic E-state index is 14.4. The number of aliphatic hydroxyl groups excluding tert-OH is 2. The smallest absolute Gasteiger partial charge is 0.235 e. The number of ketones is 2. The van der Waals surface area contributed by atoms with Gasteiger partial charge in [0.05, 0.1) is 12.1 Å². The van der Waals surface area contributed by atoms with E-state index >= 15 is 0 Å². The van der Waals surface area contributed by atoms with Crippen molar-refractivity contribution in [1.82, 2.24) is 10.3 Å². The number of ether oxygens (including phenoxy) is 1. The number of nitrogens with one attached hydrogen (secondary N) is 2. The Labute approximate surface area is 240 Å². The molecule has 3 aliphatic rings. The summed E-state index contributed by atoms with van der Waals surface area (Å²) < 4.78 is 6.08. The molecule has 8 atom stereocenters. The molecule has 1 amide bonds. The van der Waals surface area contributed by atoms with E-state index in [1.54, 1.807) is 14.0 Å². The van der Waals surface area contributed by atoms with Crippen LogP contribution in [-0.4, -0.2) is 58.0 Å². The molecule has 218 valence electrons. The Bertz CT molecular complexity index is 1470. The van der Waals surface area contributed by atoms with Gasteiger partial charge in [-0.3, -0.25) is 14.4 Å². The first kappa shape index (κ1) is 29.2. The maximum Gasteiger partial charge on any atom is 0.235 e. The van der Waals surface area contributed by atoms with E-state index in [2.05, 4.69) is 10.3 Å². The number of carbonyl (C=O) groups is 3. The number of carbonyl (C=O) groups excluding carboxylic acids is 3. The number of rotatable bonds is 3. The van der Waals surface area contributed by atoms with Crippen molar-refractivity contribution in [3.8, 4) is 0 Å². The second-order valence-corrected chi connectivity index (χ2v) is 12.0. The molecule has 1 saturated heterocycles. The summed E-state index contributed by atoms with van der Waals surface area (Å²) in [6, 6.07) is 7.24. The lowest BCUT2D eigenvalue weighted by molar-refractivity contribution is -0.148. The van der Waals surface area contributed by atoms with Gasteiger partial charge in [0.15, 0.2) is 5.78 Å². The van der Waals surface area contributed by atoms with Crippen LogP contribution in [0.5, 0.6) is 0 Å². The third-order valence-electron chi connectivity index (χ3n) is 9.61. The molecule has 0 saturated carbocycles. The van der Waals surface area contributed by atoms with E-state index in [4.69, 9.17) is 4.74 Å². The summed E-state index contributed by atoms with van der Waals surface area (Å²) in [5.74, 6) is -2.72. The number of hydrogen-bond acceptors (Lipinski definition) is 6. The summed E-state index contributed by atoms with van der Waals surface area (Å²) >= 11 is 0. The van der Waals surface area contributed by atoms with E-state index in [0.29, 0.717) is 12.0 Å². The Morgan fingerprint density at radius 3 is 2.54 bits per heavy atom. The lowest BCUT2D eigenvalue weighted by Crippen LogP contribution is -2.56. The molecule has 8 heteroatoms. The monoisotopic (exact) mass is 560 g/mol. The molecule has 5 rings (SSSR count). The van der Waals surface area contributed by atoms with E-state index < -0.39 is 59.1 Å². The van der Waals surface area contributed by atoms with E-state index in [1.165, 1.54) is 0 Å². The Morgan fingerprint density at radius 1 is 1.07 bits per heavy atom. The van der Waals surface area contributed by atoms with Crippen molar-refractivity contribution < 1.29 is 29.3 Å². The van der Waals surface area contributed by atoms with Crippen LogP contribution in [0.2, 0.25) is 0 Å². The zero-order chi connectivity index (χ0) is 29.6. The predicted octanol–water partition coefficient (Wildman–Crippen LogP) is 4.11. The molecule has 2 aromatic rings. The number of benzene rings is 1. The molecule has 8 nitrogen and oxygen atoms in total. The van der Waals surface area contributed by atoms with Gasteiger partial charge in [-0.05, 0) is 56.7 Å². The normalized spacial score (nSPS) is 33.8. The molecule has 1 aliphatic heterocycles. The second kappa shape index (κ2) is 11.2. The van der Waals surface area contributed by atoms with Crippen molar-refractivity contribution in [3.63, 3.8) is 0 Å². The van der Waals surface area contributed by atoms with Crippen molar-refractivity contribution in [1.29, 1.82) is 0 Å². The van der Waals surface area contributed by atoms with Crippen LogP contribution in [0.4, 0.5) is 0 Å². The first-order valence-electron chi connectivity index (χ1n) is 14.4. The molecule has 41 heavy (non-hydrogen) atoms. The predicted molar refractivity (Wildman–Crippen MR) is 156 cm³/mol. The molecule has 0 radical (unpaired) electrons. The molecule has 2 aliphatic carbocycles. The number of fused-ring (bicyclic) bond motifs is 1. The third kappa shape index (κ3) is 4.62. The standard InChI is InChI=1S/C33H40N2O6/c1-17-9-8-11-23-30(39)20(4)19(3)27-28(31(41-5)22-16-34-24-12-7-6-10-21(22)24)35-32(40)33(23,27)26(37)14-13-25(36)29(38)18(2)15-17/h6-8,10-12,15-17,23,25,27-28,30-31,34,36,39H,9,13-14H2,1-5H3,(H,35,40). The first-order chi connectivity index (χ1) is 19.5. The number of allylic oxidation sites excluding steroid dienone is 2. The number of aliphatic hydroxyl groups is 2. The van der Waals surface area contributed by atoms with Gasteiger partial charge < -0.3 is 25.3 Å². The highest BCUT2D eigenvalue weighted by Gasteiger charge is 2.67. The summed E-state index contributed by atoms with van der Waals surface area (Å²) in [6.45, 7) is 7.37. The Balaban J connectivity index is 1.67. The zero-order valence-corrected chi connectivity index (χ0v) is 24.3. The van der Waals surface area contributed by atoms with Crippen molar-refractivity contribution >= 4 is 28.4 Å². The number of para-hydroxylation sites is 1. The SMILES string of the molecule is COC(c1c[nH]c2ccccc12)C1NC(=O)C23C(=O)CCC(O)C(=O)C(C)=CC(C)CC=CC2C(O)C(C)=C(C)C13. The summed E-state index contributed by atoms with van der Waals surface area (Å²) in [4.78, 5) is 44.8. The minimum absolute atomic E-state index is 0.0189. The van der Waals surface area contributed by atoms with Gasteiger partial charge in [-0.2, -0.15) is 0 Å². The average Bonchev–Trinajstić information content (AvgIpc) is 3.51. The Kier molecular flexibility index (Phi) is 7.94. The number of aromatic amines is 1. The lowest BCUT2D eigenvalue weighted by atomic mass is 9.54. The van der Waals surface area contributed by atoms with E-state index in [1.807, 2.05) is 69.5 Å². The number of hydrogen-bond donors (Lipinski definition) is 4. The number of methoxy groups -OCH3 is 1. The van der Waals surface area contributed by atoms with Crippen LogP contribution in [0.25, 0.3) is 10.9 Å². The fourth-order valence-electron chi connectivity index (χ4n) is 7.42. The quantitative estimate of drug-likeness (QED) is 0.331. The molecular weight excluding hydrogens is 520 g/mol. The largest absolute Gasteiger partial charge is 0.388 e. The van der Waals surface area contributed by atoms with Gasteiger partial charge in [0.2, 0.25) is 5.91 Å². The number of Topliss-reactive ketones (excluding diaryl/α,β-unsaturated/α-hetero) is 2. The summed E-state index contributed by atoms with van der Waals surface area (Å²) in [5, 5.41) is 26.4. The number of H-pyrrole nitrogens is 1. The van der Waals surface area contributed by atoms with Crippen molar-refractivity contribution in [2.24, 2.45) is 23.2 Å². The van der Waals surface area contributed by atoms with Gasteiger partial charge in [-0.1, -0.05) is 48.9 Å². The molecule has 1 aromatic heterocycles. The summed E-state index contributed by atoms with van der Waals surface area (Å²) in [6.07, 6.45) is 4.69. The minimum Gasteiger partial charge on any atom is -0.388 e. The van der Waals surface area contributed by atoms with Gasteiger partial charge in [0.1, 0.15) is 23.4 Å². The topological polar surface area (TPSA) is 129 Å². The molecule has 1 fully saturated rings. The van der Waals surface area contributed by atoms with Crippen molar-refractivity contribution in [2.75, 3.05) is 7.11 Å². The highest BCUT2D eigenvalue weighted by Crippen LogP contribution is 2.57. The Hall–Kier alpha value is -3.33. The van der Waals surface area contributed by atoms with Gasteiger partial charge >= 0.3 is 0 Å². The van der Waals surface area contributed by atoms with E-state index in [0.717, 1.165) is 27.6 Å². The van der Waals surface area contributed by atoms with Crippen LogP contribution in [0.3, 0.4) is 0 Å².